The van der Waals surface area contributed by atoms with Crippen LogP contribution in [-0.2, 0) is 11.3 Å². The van der Waals surface area contributed by atoms with Gasteiger partial charge in [0.2, 0.25) is 5.91 Å². The molecular formula is C19H21ClN2O3. The number of methoxy groups -OCH3 is 1. The number of hydrogen-bond donors (Lipinski definition) is 1. The van der Waals surface area contributed by atoms with Crippen molar-refractivity contribution >= 4 is 23.4 Å². The van der Waals surface area contributed by atoms with Crippen LogP contribution >= 0.6 is 11.6 Å². The van der Waals surface area contributed by atoms with Gasteiger partial charge >= 0.3 is 0 Å². The first-order chi connectivity index (χ1) is 12.0. The van der Waals surface area contributed by atoms with Gasteiger partial charge in [-0.15, -0.1) is 0 Å². The van der Waals surface area contributed by atoms with E-state index in [0.29, 0.717) is 29.4 Å². The Kier molecular flexibility index (Phi) is 6.83. The number of rotatable bonds is 7. The number of halogens is 1. The number of nitrogens with one attached hydrogen (secondary N) is 1. The van der Waals surface area contributed by atoms with Crippen LogP contribution in [0.1, 0.15) is 22.8 Å². The van der Waals surface area contributed by atoms with Crippen molar-refractivity contribution < 1.29 is 14.3 Å². The molecule has 1 N–H and O–H groups in total. The molecule has 0 aliphatic heterocycles. The Hall–Kier alpha value is -2.53. The fraction of sp³-hybridized carbons (Fsp3) is 0.263. The number of nitrogens with zero attached hydrogens (tertiary/aromatic N) is 1. The van der Waals surface area contributed by atoms with Gasteiger partial charge in [0.15, 0.2) is 0 Å². The number of benzene rings is 2. The molecule has 2 aromatic carbocycles. The summed E-state index contributed by atoms with van der Waals surface area (Å²) in [5, 5.41) is 3.46. The maximum Gasteiger partial charge on any atom is 0.254 e. The van der Waals surface area contributed by atoms with Gasteiger partial charge in [-0.05, 0) is 42.8 Å². The van der Waals surface area contributed by atoms with Crippen LogP contribution in [0.2, 0.25) is 5.02 Å². The van der Waals surface area contributed by atoms with Crippen LogP contribution in [0.5, 0.6) is 5.75 Å². The lowest BCUT2D eigenvalue weighted by molar-refractivity contribution is -0.121. The molecule has 0 atom stereocenters. The average Bonchev–Trinajstić information content (AvgIpc) is 2.65. The van der Waals surface area contributed by atoms with Crippen LogP contribution < -0.4 is 10.1 Å². The zero-order chi connectivity index (χ0) is 18.2. The highest BCUT2D eigenvalue weighted by atomic mass is 35.5. The van der Waals surface area contributed by atoms with Gasteiger partial charge in [-0.25, -0.2) is 0 Å². The maximum atomic E-state index is 12.6. The molecule has 0 fully saturated rings. The van der Waals surface area contributed by atoms with E-state index in [-0.39, 0.29) is 18.4 Å². The van der Waals surface area contributed by atoms with Gasteiger partial charge in [-0.1, -0.05) is 29.8 Å². The molecule has 5 nitrogen and oxygen atoms in total. The van der Waals surface area contributed by atoms with Crippen molar-refractivity contribution in [3.05, 3.63) is 64.7 Å². The minimum Gasteiger partial charge on any atom is -0.497 e. The summed E-state index contributed by atoms with van der Waals surface area (Å²) in [5.74, 6) is 0.185. The highest BCUT2D eigenvalue weighted by Crippen LogP contribution is 2.14. The van der Waals surface area contributed by atoms with Gasteiger partial charge in [-0.3, -0.25) is 9.59 Å². The van der Waals surface area contributed by atoms with Crippen molar-refractivity contribution in [3.63, 3.8) is 0 Å². The van der Waals surface area contributed by atoms with Crippen LogP contribution in [0, 0.1) is 0 Å². The second-order valence-electron chi connectivity index (χ2n) is 5.45. The normalized spacial score (nSPS) is 10.2. The predicted molar refractivity (Wildman–Crippen MR) is 97.9 cm³/mol. The number of carbonyl (C=O) groups excluding carboxylic acids is 2. The largest absolute Gasteiger partial charge is 0.497 e. The third-order valence-electron chi connectivity index (χ3n) is 3.72. The summed E-state index contributed by atoms with van der Waals surface area (Å²) < 4.78 is 5.14. The van der Waals surface area contributed by atoms with Crippen LogP contribution in [0.25, 0.3) is 0 Å². The first-order valence-electron chi connectivity index (χ1n) is 7.98. The monoisotopic (exact) mass is 360 g/mol. The van der Waals surface area contributed by atoms with E-state index in [9.17, 15) is 9.59 Å². The zero-order valence-corrected chi connectivity index (χ0v) is 15.0. The van der Waals surface area contributed by atoms with E-state index < -0.39 is 0 Å². The molecule has 25 heavy (non-hydrogen) atoms. The average molecular weight is 361 g/mol. The molecule has 0 spiro atoms. The predicted octanol–water partition coefficient (Wildman–Crippen LogP) is 3.13. The van der Waals surface area contributed by atoms with E-state index in [1.54, 1.807) is 43.5 Å². The molecule has 0 aliphatic rings. The third kappa shape index (κ3) is 5.50. The lowest BCUT2D eigenvalue weighted by Gasteiger charge is -2.20. The Bertz CT molecular complexity index is 732. The molecule has 0 heterocycles. The third-order valence-corrected chi connectivity index (χ3v) is 3.98. The number of carbonyl (C=O) groups is 2. The second-order valence-corrected chi connectivity index (χ2v) is 5.89. The fourth-order valence-corrected chi connectivity index (χ4v) is 2.42. The summed E-state index contributed by atoms with van der Waals surface area (Å²) in [4.78, 5) is 26.2. The Morgan fingerprint density at radius 2 is 1.88 bits per heavy atom. The van der Waals surface area contributed by atoms with E-state index in [4.69, 9.17) is 16.3 Å². The van der Waals surface area contributed by atoms with Crippen molar-refractivity contribution in [1.82, 2.24) is 10.2 Å². The molecule has 6 heteroatoms. The van der Waals surface area contributed by atoms with Crippen molar-refractivity contribution in [2.75, 3.05) is 20.2 Å². The first kappa shape index (κ1) is 18.8. The quantitative estimate of drug-likeness (QED) is 0.825. The molecule has 0 unspecified atom stereocenters. The van der Waals surface area contributed by atoms with E-state index in [2.05, 4.69) is 5.32 Å². The Morgan fingerprint density at radius 1 is 1.16 bits per heavy atom. The van der Waals surface area contributed by atoms with Crippen molar-refractivity contribution in [2.45, 2.75) is 13.5 Å². The Labute approximate surface area is 152 Å². The smallest absolute Gasteiger partial charge is 0.254 e. The molecule has 2 aromatic rings. The van der Waals surface area contributed by atoms with Gasteiger partial charge in [0.25, 0.3) is 5.91 Å². The highest BCUT2D eigenvalue weighted by Gasteiger charge is 2.17. The van der Waals surface area contributed by atoms with Crippen LogP contribution in [-0.4, -0.2) is 36.9 Å². The Morgan fingerprint density at radius 3 is 2.52 bits per heavy atom. The summed E-state index contributed by atoms with van der Waals surface area (Å²) >= 11 is 5.84. The van der Waals surface area contributed by atoms with E-state index in [1.165, 1.54) is 4.90 Å². The molecule has 0 aromatic heterocycles. The molecule has 2 amide bonds. The number of hydrogen-bond acceptors (Lipinski definition) is 3. The van der Waals surface area contributed by atoms with Crippen LogP contribution in [0.3, 0.4) is 0 Å². The lowest BCUT2D eigenvalue weighted by atomic mass is 10.2. The second kappa shape index (κ2) is 9.08. The molecule has 0 aliphatic carbocycles. The minimum atomic E-state index is -0.215. The topological polar surface area (TPSA) is 58.6 Å². The summed E-state index contributed by atoms with van der Waals surface area (Å²) in [5.41, 5.74) is 1.44. The van der Waals surface area contributed by atoms with Gasteiger partial charge in [0, 0.05) is 23.7 Å². The van der Waals surface area contributed by atoms with Crippen molar-refractivity contribution in [1.29, 1.82) is 0 Å². The molecule has 0 bridgehead atoms. The molecule has 0 saturated carbocycles. The van der Waals surface area contributed by atoms with E-state index >= 15 is 0 Å². The molecule has 0 saturated heterocycles. The fourth-order valence-electron chi connectivity index (χ4n) is 2.30. The number of amides is 2. The zero-order valence-electron chi connectivity index (χ0n) is 14.3. The number of likely N-dealkylation sites (N-methyl/N-ethyl adjacent to an activating group) is 1. The van der Waals surface area contributed by atoms with E-state index in [1.807, 2.05) is 19.1 Å². The lowest BCUT2D eigenvalue weighted by Crippen LogP contribution is -2.40. The maximum absolute atomic E-state index is 12.6. The van der Waals surface area contributed by atoms with Crippen molar-refractivity contribution in [2.24, 2.45) is 0 Å². The van der Waals surface area contributed by atoms with Gasteiger partial charge < -0.3 is 15.0 Å². The molecule has 0 radical (unpaired) electrons. The molecule has 132 valence electrons. The minimum absolute atomic E-state index is 0.000132. The highest BCUT2D eigenvalue weighted by molar-refractivity contribution is 6.30. The summed E-state index contributed by atoms with van der Waals surface area (Å²) in [6.07, 6.45) is 0. The standard InChI is InChI=1S/C19H21ClN2O3/c1-3-22(19(24)15-5-4-6-17(11-15)25-2)13-18(23)21-12-14-7-9-16(20)10-8-14/h4-11H,3,12-13H2,1-2H3,(H,21,23). The molecular weight excluding hydrogens is 340 g/mol. The summed E-state index contributed by atoms with van der Waals surface area (Å²) in [6, 6.07) is 14.1. The SMILES string of the molecule is CCN(CC(=O)NCc1ccc(Cl)cc1)C(=O)c1cccc(OC)c1. The number of ether oxygens (including phenoxy) is 1. The van der Waals surface area contributed by atoms with Gasteiger partial charge in [0.05, 0.1) is 13.7 Å². The Balaban J connectivity index is 1.94. The van der Waals surface area contributed by atoms with Crippen LogP contribution in [0.4, 0.5) is 0 Å². The molecule has 2 rings (SSSR count). The first-order valence-corrected chi connectivity index (χ1v) is 8.35. The van der Waals surface area contributed by atoms with E-state index in [0.717, 1.165) is 5.56 Å². The van der Waals surface area contributed by atoms with Crippen LogP contribution in [0.15, 0.2) is 48.5 Å². The van der Waals surface area contributed by atoms with Crippen molar-refractivity contribution in [3.8, 4) is 5.75 Å². The summed E-state index contributed by atoms with van der Waals surface area (Å²) in [6.45, 7) is 2.66. The summed E-state index contributed by atoms with van der Waals surface area (Å²) in [7, 11) is 1.55. The van der Waals surface area contributed by atoms with Gasteiger partial charge in [0.1, 0.15) is 5.75 Å². The van der Waals surface area contributed by atoms with Gasteiger partial charge in [-0.2, -0.15) is 0 Å².